The van der Waals surface area contributed by atoms with Gasteiger partial charge in [0.05, 0.1) is 12.2 Å². The first-order valence-corrected chi connectivity index (χ1v) is 9.36. The van der Waals surface area contributed by atoms with E-state index in [0.717, 1.165) is 29.1 Å². The zero-order valence-corrected chi connectivity index (χ0v) is 17.2. The van der Waals surface area contributed by atoms with Crippen molar-refractivity contribution in [2.45, 2.75) is 46.7 Å². The second-order valence-electron chi connectivity index (χ2n) is 7.41. The van der Waals surface area contributed by atoms with Crippen molar-refractivity contribution in [1.82, 2.24) is 14.7 Å². The van der Waals surface area contributed by atoms with Gasteiger partial charge in [0.15, 0.2) is 0 Å². The lowest BCUT2D eigenvalue weighted by atomic mass is 10.0. The van der Waals surface area contributed by atoms with Crippen molar-refractivity contribution in [3.8, 4) is 11.3 Å². The van der Waals surface area contributed by atoms with Crippen molar-refractivity contribution < 1.29 is 4.79 Å². The molecule has 0 bridgehead atoms. The molecule has 0 saturated carbocycles. The third-order valence-corrected chi connectivity index (χ3v) is 4.81. The van der Waals surface area contributed by atoms with Crippen molar-refractivity contribution in [3.05, 3.63) is 35.9 Å². The van der Waals surface area contributed by atoms with Crippen LogP contribution in [0.1, 0.15) is 39.7 Å². The molecule has 0 saturated heterocycles. The molecule has 142 valence electrons. The molecule has 2 rings (SSSR count). The molecular formula is C21H32N4O. The van der Waals surface area contributed by atoms with Gasteiger partial charge in [-0.05, 0) is 13.3 Å². The first-order chi connectivity index (χ1) is 12.3. The third kappa shape index (κ3) is 4.09. The number of nitrogens with zero attached hydrogens (tertiary/aromatic N) is 4. The summed E-state index contributed by atoms with van der Waals surface area (Å²) in [6.07, 6.45) is 0.927. The Kier molecular flexibility index (Phi) is 6.46. The zero-order valence-electron chi connectivity index (χ0n) is 17.2. The quantitative estimate of drug-likeness (QED) is 0.755. The highest BCUT2D eigenvalue weighted by Crippen LogP contribution is 2.32. The number of carbonyl (C=O) groups is 1. The molecule has 5 heteroatoms. The molecule has 0 spiro atoms. The highest BCUT2D eigenvalue weighted by molar-refractivity contribution is 5.79. The van der Waals surface area contributed by atoms with Gasteiger partial charge in [0.25, 0.3) is 0 Å². The maximum absolute atomic E-state index is 12.9. The van der Waals surface area contributed by atoms with Gasteiger partial charge in [-0.25, -0.2) is 0 Å². The van der Waals surface area contributed by atoms with Crippen LogP contribution in [0.25, 0.3) is 11.3 Å². The standard InChI is InChI=1S/C21H32N4O/c1-8-16(4)25(21(26)15(2)3)14-18-19(17-12-10-9-11-13-17)22-24(7)20(18)23(5)6/h9-13,15-16H,8,14H2,1-7H3/t16-/m1/s1. The van der Waals surface area contributed by atoms with E-state index in [0.29, 0.717) is 6.54 Å². The fourth-order valence-corrected chi connectivity index (χ4v) is 3.27. The summed E-state index contributed by atoms with van der Waals surface area (Å²) in [4.78, 5) is 16.9. The molecule has 0 aliphatic heterocycles. The van der Waals surface area contributed by atoms with Crippen LogP contribution >= 0.6 is 0 Å². The second kappa shape index (κ2) is 8.39. The van der Waals surface area contributed by atoms with Gasteiger partial charge in [-0.2, -0.15) is 5.10 Å². The Bertz CT molecular complexity index is 734. The predicted octanol–water partition coefficient (Wildman–Crippen LogP) is 3.94. The summed E-state index contributed by atoms with van der Waals surface area (Å²) < 4.78 is 1.91. The van der Waals surface area contributed by atoms with Crippen LogP contribution in [-0.2, 0) is 18.4 Å². The average molecular weight is 357 g/mol. The zero-order chi connectivity index (χ0) is 19.4. The van der Waals surface area contributed by atoms with Gasteiger partial charge in [-0.1, -0.05) is 51.1 Å². The third-order valence-electron chi connectivity index (χ3n) is 4.81. The molecule has 0 N–H and O–H groups in total. The molecular weight excluding hydrogens is 324 g/mol. The Morgan fingerprint density at radius 3 is 2.27 bits per heavy atom. The minimum Gasteiger partial charge on any atom is -0.363 e. The molecule has 1 aromatic heterocycles. The minimum atomic E-state index is -0.0244. The van der Waals surface area contributed by atoms with Crippen molar-refractivity contribution in [2.75, 3.05) is 19.0 Å². The van der Waals surface area contributed by atoms with Gasteiger partial charge >= 0.3 is 0 Å². The summed E-state index contributed by atoms with van der Waals surface area (Å²) in [6.45, 7) is 8.74. The Hall–Kier alpha value is -2.30. The van der Waals surface area contributed by atoms with Gasteiger partial charge in [0, 0.05) is 44.2 Å². The average Bonchev–Trinajstić information content (AvgIpc) is 2.95. The number of hydrogen-bond donors (Lipinski definition) is 0. The van der Waals surface area contributed by atoms with Gasteiger partial charge in [0.1, 0.15) is 5.82 Å². The molecule has 0 radical (unpaired) electrons. The number of carbonyl (C=O) groups excluding carboxylic acids is 1. The number of aromatic nitrogens is 2. The maximum atomic E-state index is 12.9. The minimum absolute atomic E-state index is 0.0244. The van der Waals surface area contributed by atoms with Crippen LogP contribution in [0.3, 0.4) is 0 Å². The van der Waals surface area contributed by atoms with Crippen molar-refractivity contribution in [1.29, 1.82) is 0 Å². The van der Waals surface area contributed by atoms with Gasteiger partial charge < -0.3 is 9.80 Å². The van der Waals surface area contributed by atoms with Crippen molar-refractivity contribution >= 4 is 11.7 Å². The van der Waals surface area contributed by atoms with Gasteiger partial charge in [0.2, 0.25) is 5.91 Å². The molecule has 0 unspecified atom stereocenters. The Morgan fingerprint density at radius 1 is 1.15 bits per heavy atom. The maximum Gasteiger partial charge on any atom is 0.225 e. The number of benzene rings is 1. The lowest BCUT2D eigenvalue weighted by Crippen LogP contribution is -2.40. The highest BCUT2D eigenvalue weighted by Gasteiger charge is 2.27. The summed E-state index contributed by atoms with van der Waals surface area (Å²) in [5, 5.41) is 4.78. The molecule has 2 aromatic rings. The first-order valence-electron chi connectivity index (χ1n) is 9.36. The molecule has 0 fully saturated rings. The van der Waals surface area contributed by atoms with Crippen molar-refractivity contribution in [3.63, 3.8) is 0 Å². The van der Waals surface area contributed by atoms with E-state index in [4.69, 9.17) is 5.10 Å². The van der Waals surface area contributed by atoms with E-state index in [-0.39, 0.29) is 17.9 Å². The lowest BCUT2D eigenvalue weighted by Gasteiger charge is -2.31. The van der Waals surface area contributed by atoms with Crippen LogP contribution in [-0.4, -0.2) is 40.7 Å². The molecule has 0 aliphatic rings. The van der Waals surface area contributed by atoms with Gasteiger partial charge in [-0.15, -0.1) is 0 Å². The molecule has 1 atom stereocenters. The van der Waals surface area contributed by atoms with E-state index in [1.165, 1.54) is 0 Å². The van der Waals surface area contributed by atoms with E-state index in [1.54, 1.807) is 0 Å². The molecule has 5 nitrogen and oxygen atoms in total. The fourth-order valence-electron chi connectivity index (χ4n) is 3.27. The number of hydrogen-bond acceptors (Lipinski definition) is 3. The summed E-state index contributed by atoms with van der Waals surface area (Å²) in [5.41, 5.74) is 3.12. The largest absolute Gasteiger partial charge is 0.363 e. The first kappa shape index (κ1) is 20.0. The highest BCUT2D eigenvalue weighted by atomic mass is 16.2. The van der Waals surface area contributed by atoms with E-state index < -0.39 is 0 Å². The SMILES string of the molecule is CC[C@@H](C)N(Cc1c(-c2ccccc2)nn(C)c1N(C)C)C(=O)C(C)C. The number of amides is 1. The second-order valence-corrected chi connectivity index (χ2v) is 7.41. The predicted molar refractivity (Wildman–Crippen MR) is 108 cm³/mol. The Labute approximate surface area is 157 Å². The summed E-state index contributed by atoms with van der Waals surface area (Å²) >= 11 is 0. The topological polar surface area (TPSA) is 41.4 Å². The molecule has 26 heavy (non-hydrogen) atoms. The lowest BCUT2D eigenvalue weighted by molar-refractivity contribution is -0.137. The Morgan fingerprint density at radius 2 is 1.77 bits per heavy atom. The smallest absolute Gasteiger partial charge is 0.225 e. The molecule has 1 aromatic carbocycles. The van der Waals surface area contributed by atoms with Gasteiger partial charge in [-0.3, -0.25) is 9.48 Å². The van der Waals surface area contributed by atoms with Crippen LogP contribution < -0.4 is 4.90 Å². The van der Waals surface area contributed by atoms with Crippen LogP contribution in [0.4, 0.5) is 5.82 Å². The van der Waals surface area contributed by atoms with Crippen LogP contribution in [0.15, 0.2) is 30.3 Å². The van der Waals surface area contributed by atoms with E-state index >= 15 is 0 Å². The summed E-state index contributed by atoms with van der Waals surface area (Å²) in [6, 6.07) is 10.4. The van der Waals surface area contributed by atoms with Crippen LogP contribution in [0, 0.1) is 5.92 Å². The van der Waals surface area contributed by atoms with E-state index in [2.05, 4.69) is 30.9 Å². The van der Waals surface area contributed by atoms with Crippen LogP contribution in [0.2, 0.25) is 0 Å². The summed E-state index contributed by atoms with van der Waals surface area (Å²) in [5.74, 6) is 1.20. The molecule has 0 aliphatic carbocycles. The molecule has 1 heterocycles. The normalized spacial score (nSPS) is 12.3. The number of anilines is 1. The molecule has 1 amide bonds. The fraction of sp³-hybridized carbons (Fsp3) is 0.524. The number of aryl methyl sites for hydroxylation is 1. The monoisotopic (exact) mass is 356 g/mol. The summed E-state index contributed by atoms with van der Waals surface area (Å²) in [7, 11) is 6.00. The van der Waals surface area contributed by atoms with E-state index in [9.17, 15) is 4.79 Å². The van der Waals surface area contributed by atoms with Crippen molar-refractivity contribution in [2.24, 2.45) is 13.0 Å². The van der Waals surface area contributed by atoms with E-state index in [1.807, 2.05) is 62.8 Å². The number of rotatable bonds is 7. The Balaban J connectivity index is 2.56. The van der Waals surface area contributed by atoms with Crippen LogP contribution in [0.5, 0.6) is 0 Å².